The van der Waals surface area contributed by atoms with Gasteiger partial charge in [-0.2, -0.15) is 0 Å². The topological polar surface area (TPSA) is 12.4 Å². The second-order valence-corrected chi connectivity index (χ2v) is 3.63. The molecule has 1 aromatic carbocycles. The third-order valence-corrected chi connectivity index (χ3v) is 2.74. The first-order valence-electron chi connectivity index (χ1n) is 4.26. The highest BCUT2D eigenvalue weighted by Gasteiger charge is 2.06. The number of halogens is 1. The summed E-state index contributed by atoms with van der Waals surface area (Å²) in [7, 11) is 1.78. The van der Waals surface area contributed by atoms with Crippen molar-refractivity contribution < 1.29 is 0 Å². The largest absolute Gasteiger partial charge is 0.296 e. The van der Waals surface area contributed by atoms with E-state index in [2.05, 4.69) is 18.8 Å². The zero-order valence-corrected chi connectivity index (χ0v) is 9.24. The zero-order chi connectivity index (χ0) is 10.0. The van der Waals surface area contributed by atoms with Gasteiger partial charge in [0.1, 0.15) is 0 Å². The zero-order valence-electron chi connectivity index (χ0n) is 8.48. The molecule has 13 heavy (non-hydrogen) atoms. The maximum absolute atomic E-state index is 6.05. The maximum Gasteiger partial charge on any atom is 0.0440 e. The average Bonchev–Trinajstić information content (AvgIpc) is 2.09. The van der Waals surface area contributed by atoms with Crippen LogP contribution in [0.4, 0.5) is 0 Å². The van der Waals surface area contributed by atoms with Crippen molar-refractivity contribution in [3.63, 3.8) is 0 Å². The molecule has 0 fully saturated rings. The van der Waals surface area contributed by atoms with Crippen LogP contribution in [0, 0.1) is 20.8 Å². The van der Waals surface area contributed by atoms with Gasteiger partial charge in [-0.1, -0.05) is 11.6 Å². The fourth-order valence-electron chi connectivity index (χ4n) is 1.38. The third-order valence-electron chi connectivity index (χ3n) is 2.35. The summed E-state index contributed by atoms with van der Waals surface area (Å²) in [5.41, 5.74) is 4.72. The molecule has 0 unspecified atom stereocenters. The number of hydrogen-bond acceptors (Lipinski definition) is 1. The fourth-order valence-corrected chi connectivity index (χ4v) is 1.69. The summed E-state index contributed by atoms with van der Waals surface area (Å²) >= 11 is 6.05. The van der Waals surface area contributed by atoms with Crippen molar-refractivity contribution in [1.29, 1.82) is 0 Å². The summed E-state index contributed by atoms with van der Waals surface area (Å²) in [4.78, 5) is 4.03. The monoisotopic (exact) mass is 195 g/mol. The summed E-state index contributed by atoms with van der Waals surface area (Å²) in [5, 5.41) is 0.836. The van der Waals surface area contributed by atoms with E-state index in [1.54, 1.807) is 7.05 Å². The summed E-state index contributed by atoms with van der Waals surface area (Å²) in [6.07, 6.45) is 1.88. The molecular formula is C11H14ClN. The molecule has 1 rings (SSSR count). The maximum atomic E-state index is 6.05. The molecule has 1 aromatic rings. The Kier molecular flexibility index (Phi) is 3.10. The minimum absolute atomic E-state index is 0.836. The second-order valence-electron chi connectivity index (χ2n) is 3.23. The molecule has 0 atom stereocenters. The van der Waals surface area contributed by atoms with Crippen LogP contribution < -0.4 is 0 Å². The van der Waals surface area contributed by atoms with E-state index in [0.29, 0.717) is 0 Å². The Balaban J connectivity index is 3.43. The Morgan fingerprint density at radius 2 is 1.85 bits per heavy atom. The van der Waals surface area contributed by atoms with E-state index in [4.69, 9.17) is 11.6 Å². The molecule has 0 radical (unpaired) electrons. The van der Waals surface area contributed by atoms with Gasteiger partial charge in [0, 0.05) is 18.3 Å². The van der Waals surface area contributed by atoms with E-state index in [1.165, 1.54) is 16.7 Å². The van der Waals surface area contributed by atoms with Gasteiger partial charge in [0.2, 0.25) is 0 Å². The van der Waals surface area contributed by atoms with E-state index >= 15 is 0 Å². The molecule has 0 saturated carbocycles. The number of benzene rings is 1. The Bertz CT molecular complexity index is 354. The van der Waals surface area contributed by atoms with Crippen molar-refractivity contribution in [2.75, 3.05) is 7.05 Å². The first-order chi connectivity index (χ1) is 6.07. The third kappa shape index (κ3) is 1.92. The van der Waals surface area contributed by atoms with Gasteiger partial charge in [-0.05, 0) is 49.1 Å². The van der Waals surface area contributed by atoms with Gasteiger partial charge < -0.3 is 0 Å². The van der Waals surface area contributed by atoms with Crippen LogP contribution in [0.3, 0.4) is 0 Å². The van der Waals surface area contributed by atoms with Gasteiger partial charge in [-0.15, -0.1) is 0 Å². The summed E-state index contributed by atoms with van der Waals surface area (Å²) in [6, 6.07) is 1.99. The minimum Gasteiger partial charge on any atom is -0.296 e. The molecule has 0 heterocycles. The summed E-state index contributed by atoms with van der Waals surface area (Å²) in [6.45, 7) is 6.16. The average molecular weight is 196 g/mol. The lowest BCUT2D eigenvalue weighted by Crippen LogP contribution is -1.95. The highest BCUT2D eigenvalue weighted by Crippen LogP contribution is 2.24. The van der Waals surface area contributed by atoms with Gasteiger partial charge >= 0.3 is 0 Å². The molecule has 0 aliphatic heterocycles. The first-order valence-corrected chi connectivity index (χ1v) is 4.64. The number of aliphatic imine (C=N–C) groups is 1. The van der Waals surface area contributed by atoms with Crippen molar-refractivity contribution in [3.05, 3.63) is 33.3 Å². The molecular weight excluding hydrogens is 182 g/mol. The molecule has 2 heteroatoms. The Morgan fingerprint density at radius 1 is 1.23 bits per heavy atom. The predicted molar refractivity (Wildman–Crippen MR) is 59.2 cm³/mol. The number of rotatable bonds is 1. The van der Waals surface area contributed by atoms with Crippen molar-refractivity contribution >= 4 is 17.8 Å². The van der Waals surface area contributed by atoms with Gasteiger partial charge in [0.25, 0.3) is 0 Å². The standard InChI is InChI=1S/C11H14ClN/c1-7-5-11(12)9(3)8(2)10(7)6-13-4/h5-6H,1-4H3/b13-6-. The van der Waals surface area contributed by atoms with Crippen LogP contribution >= 0.6 is 11.6 Å². The van der Waals surface area contributed by atoms with Gasteiger partial charge in [0.15, 0.2) is 0 Å². The Hall–Kier alpha value is -0.820. The second kappa shape index (κ2) is 3.93. The van der Waals surface area contributed by atoms with E-state index < -0.39 is 0 Å². The number of aryl methyl sites for hydroxylation is 1. The molecule has 0 bridgehead atoms. The summed E-state index contributed by atoms with van der Waals surface area (Å²) in [5.74, 6) is 0. The minimum atomic E-state index is 0.836. The molecule has 0 saturated heterocycles. The van der Waals surface area contributed by atoms with Crippen molar-refractivity contribution in [1.82, 2.24) is 0 Å². The van der Waals surface area contributed by atoms with E-state index in [1.807, 2.05) is 19.2 Å². The highest BCUT2D eigenvalue weighted by atomic mass is 35.5. The van der Waals surface area contributed by atoms with Crippen LogP contribution in [0.1, 0.15) is 22.3 Å². The van der Waals surface area contributed by atoms with Crippen LogP contribution in [0.25, 0.3) is 0 Å². The van der Waals surface area contributed by atoms with Crippen molar-refractivity contribution in [2.24, 2.45) is 4.99 Å². The number of nitrogens with zero attached hydrogens (tertiary/aromatic N) is 1. The molecule has 0 aliphatic carbocycles. The van der Waals surface area contributed by atoms with Crippen molar-refractivity contribution in [2.45, 2.75) is 20.8 Å². The SMILES string of the molecule is C/N=C\c1c(C)cc(Cl)c(C)c1C. The Morgan fingerprint density at radius 3 is 2.38 bits per heavy atom. The molecule has 0 spiro atoms. The van der Waals surface area contributed by atoms with Crippen LogP contribution in [-0.4, -0.2) is 13.3 Å². The molecule has 0 N–H and O–H groups in total. The van der Waals surface area contributed by atoms with Gasteiger partial charge in [-0.25, -0.2) is 0 Å². The molecule has 0 aromatic heterocycles. The quantitative estimate of drug-likeness (QED) is 0.610. The normalized spacial score (nSPS) is 11.2. The van der Waals surface area contributed by atoms with Gasteiger partial charge in [-0.3, -0.25) is 4.99 Å². The first kappa shape index (κ1) is 10.3. The molecule has 70 valence electrons. The molecule has 1 nitrogen and oxygen atoms in total. The lowest BCUT2D eigenvalue weighted by atomic mass is 9.99. The van der Waals surface area contributed by atoms with Gasteiger partial charge in [0.05, 0.1) is 0 Å². The van der Waals surface area contributed by atoms with E-state index in [-0.39, 0.29) is 0 Å². The van der Waals surface area contributed by atoms with E-state index in [0.717, 1.165) is 10.6 Å². The number of hydrogen-bond donors (Lipinski definition) is 0. The molecule has 0 amide bonds. The van der Waals surface area contributed by atoms with Crippen LogP contribution in [0.5, 0.6) is 0 Å². The van der Waals surface area contributed by atoms with Crippen molar-refractivity contribution in [3.8, 4) is 0 Å². The lowest BCUT2D eigenvalue weighted by Gasteiger charge is -2.09. The van der Waals surface area contributed by atoms with E-state index in [9.17, 15) is 0 Å². The highest BCUT2D eigenvalue weighted by molar-refractivity contribution is 6.31. The summed E-state index contributed by atoms with van der Waals surface area (Å²) < 4.78 is 0. The van der Waals surface area contributed by atoms with Crippen LogP contribution in [0.2, 0.25) is 5.02 Å². The fraction of sp³-hybridized carbons (Fsp3) is 0.364. The predicted octanol–water partition coefficient (Wildman–Crippen LogP) is 3.31. The lowest BCUT2D eigenvalue weighted by molar-refractivity contribution is 1.28. The van der Waals surface area contributed by atoms with Crippen LogP contribution in [0.15, 0.2) is 11.1 Å². The van der Waals surface area contributed by atoms with Crippen LogP contribution in [-0.2, 0) is 0 Å². The smallest absolute Gasteiger partial charge is 0.0440 e. The Labute approximate surface area is 84.5 Å². The molecule has 0 aliphatic rings.